The molecule has 72 valence electrons. The summed E-state index contributed by atoms with van der Waals surface area (Å²) >= 11 is 1.34. The standard InChI is InChI=1S/C7H11N3O2S/c1-10(2)4-5-3-8-6(13-5)9-7(11)12/h3H,4H2,1-2H3,(H,8,9)(H,11,12). The van der Waals surface area contributed by atoms with Gasteiger partial charge in [-0.15, -0.1) is 11.3 Å². The highest BCUT2D eigenvalue weighted by atomic mass is 32.1. The quantitative estimate of drug-likeness (QED) is 0.773. The maximum atomic E-state index is 10.2. The Kier molecular flexibility index (Phi) is 3.21. The summed E-state index contributed by atoms with van der Waals surface area (Å²) in [5.74, 6) is 0. The number of hydrogen-bond donors (Lipinski definition) is 2. The van der Waals surface area contributed by atoms with Crippen LogP contribution in [-0.4, -0.2) is 35.2 Å². The third-order valence-corrected chi connectivity index (χ3v) is 2.14. The Morgan fingerprint density at radius 1 is 1.77 bits per heavy atom. The van der Waals surface area contributed by atoms with Crippen molar-refractivity contribution < 1.29 is 9.90 Å². The lowest BCUT2D eigenvalue weighted by Gasteiger charge is -2.05. The number of hydrogen-bond acceptors (Lipinski definition) is 4. The first kappa shape index (κ1) is 9.94. The fraction of sp³-hybridized carbons (Fsp3) is 0.429. The topological polar surface area (TPSA) is 65.5 Å². The Morgan fingerprint density at radius 3 is 3.00 bits per heavy atom. The smallest absolute Gasteiger partial charge is 0.410 e. The van der Waals surface area contributed by atoms with Crippen molar-refractivity contribution in [1.82, 2.24) is 9.88 Å². The van der Waals surface area contributed by atoms with Crippen LogP contribution in [0.5, 0.6) is 0 Å². The van der Waals surface area contributed by atoms with Crippen LogP contribution < -0.4 is 5.32 Å². The maximum Gasteiger partial charge on any atom is 0.410 e. The Morgan fingerprint density at radius 2 is 2.46 bits per heavy atom. The van der Waals surface area contributed by atoms with E-state index in [1.807, 2.05) is 19.0 Å². The van der Waals surface area contributed by atoms with Crippen molar-refractivity contribution in [3.63, 3.8) is 0 Å². The molecule has 0 saturated heterocycles. The normalized spacial score (nSPS) is 10.4. The van der Waals surface area contributed by atoms with Gasteiger partial charge >= 0.3 is 6.09 Å². The molecule has 0 radical (unpaired) electrons. The third-order valence-electron chi connectivity index (χ3n) is 1.24. The molecule has 0 fully saturated rings. The van der Waals surface area contributed by atoms with E-state index in [2.05, 4.69) is 10.3 Å². The van der Waals surface area contributed by atoms with E-state index in [9.17, 15) is 4.79 Å². The Bertz CT molecular complexity index is 298. The van der Waals surface area contributed by atoms with Gasteiger partial charge in [0, 0.05) is 17.6 Å². The number of anilines is 1. The molecular formula is C7H11N3O2S. The van der Waals surface area contributed by atoms with Gasteiger partial charge in [-0.25, -0.2) is 9.78 Å². The van der Waals surface area contributed by atoms with Crippen LogP contribution in [0.1, 0.15) is 4.88 Å². The minimum absolute atomic E-state index is 0.421. The Labute approximate surface area is 80.0 Å². The highest BCUT2D eigenvalue weighted by Crippen LogP contribution is 2.18. The zero-order valence-corrected chi connectivity index (χ0v) is 8.26. The summed E-state index contributed by atoms with van der Waals surface area (Å²) in [6.07, 6.45) is 0.599. The predicted octanol–water partition coefficient (Wildman–Crippen LogP) is 1.29. The van der Waals surface area contributed by atoms with E-state index in [4.69, 9.17) is 5.11 Å². The number of carboxylic acid groups (broad SMARTS) is 1. The summed E-state index contributed by atoms with van der Waals surface area (Å²) in [5, 5.41) is 11.0. The first-order valence-corrected chi connectivity index (χ1v) is 4.49. The van der Waals surface area contributed by atoms with Gasteiger partial charge in [-0.05, 0) is 14.1 Å². The summed E-state index contributed by atoms with van der Waals surface area (Å²) in [6, 6.07) is 0. The average molecular weight is 201 g/mol. The van der Waals surface area contributed by atoms with Gasteiger partial charge < -0.3 is 10.0 Å². The summed E-state index contributed by atoms with van der Waals surface area (Å²) in [7, 11) is 3.90. The van der Waals surface area contributed by atoms with Gasteiger partial charge in [0.25, 0.3) is 0 Å². The molecule has 13 heavy (non-hydrogen) atoms. The van der Waals surface area contributed by atoms with E-state index in [0.29, 0.717) is 5.13 Å². The lowest BCUT2D eigenvalue weighted by molar-refractivity contribution is 0.209. The zero-order chi connectivity index (χ0) is 9.84. The van der Waals surface area contributed by atoms with Crippen LogP contribution in [0.4, 0.5) is 9.93 Å². The molecule has 1 aromatic heterocycles. The van der Waals surface area contributed by atoms with Gasteiger partial charge in [0.15, 0.2) is 5.13 Å². The van der Waals surface area contributed by atoms with Crippen molar-refractivity contribution >= 4 is 22.6 Å². The van der Waals surface area contributed by atoms with Crippen molar-refractivity contribution in [2.45, 2.75) is 6.54 Å². The summed E-state index contributed by atoms with van der Waals surface area (Å²) in [4.78, 5) is 17.2. The molecule has 5 nitrogen and oxygen atoms in total. The molecule has 2 N–H and O–H groups in total. The summed E-state index contributed by atoms with van der Waals surface area (Å²) < 4.78 is 0. The molecule has 1 amide bonds. The Balaban J connectivity index is 2.58. The second kappa shape index (κ2) is 4.20. The van der Waals surface area contributed by atoms with E-state index in [1.165, 1.54) is 11.3 Å². The average Bonchev–Trinajstić information content (AvgIpc) is 2.33. The fourth-order valence-electron chi connectivity index (χ4n) is 0.842. The van der Waals surface area contributed by atoms with E-state index < -0.39 is 6.09 Å². The lowest BCUT2D eigenvalue weighted by Crippen LogP contribution is -2.09. The van der Waals surface area contributed by atoms with Crippen LogP contribution in [0.25, 0.3) is 0 Å². The highest BCUT2D eigenvalue weighted by molar-refractivity contribution is 7.15. The second-order valence-corrected chi connectivity index (χ2v) is 3.91. The largest absolute Gasteiger partial charge is 0.465 e. The zero-order valence-electron chi connectivity index (χ0n) is 7.44. The van der Waals surface area contributed by atoms with Gasteiger partial charge in [-0.2, -0.15) is 0 Å². The molecule has 0 unspecified atom stereocenters. The van der Waals surface area contributed by atoms with Gasteiger partial charge in [-0.3, -0.25) is 5.32 Å². The first-order valence-electron chi connectivity index (χ1n) is 3.67. The monoisotopic (exact) mass is 201 g/mol. The van der Waals surface area contributed by atoms with Crippen molar-refractivity contribution in [3.05, 3.63) is 11.1 Å². The predicted molar refractivity (Wildman–Crippen MR) is 51.2 cm³/mol. The van der Waals surface area contributed by atoms with Gasteiger partial charge in [0.2, 0.25) is 0 Å². The molecule has 0 aromatic carbocycles. The molecule has 0 aliphatic rings. The lowest BCUT2D eigenvalue weighted by atomic mass is 10.5. The van der Waals surface area contributed by atoms with Crippen molar-refractivity contribution in [1.29, 1.82) is 0 Å². The second-order valence-electron chi connectivity index (χ2n) is 2.80. The molecule has 0 saturated carbocycles. The SMILES string of the molecule is CN(C)Cc1cnc(NC(=O)O)s1. The minimum Gasteiger partial charge on any atom is -0.465 e. The number of aromatic nitrogens is 1. The molecule has 1 aromatic rings. The number of thiazole rings is 1. The van der Waals surface area contributed by atoms with Crippen molar-refractivity contribution in [3.8, 4) is 0 Å². The van der Waals surface area contributed by atoms with E-state index >= 15 is 0 Å². The molecule has 1 rings (SSSR count). The van der Waals surface area contributed by atoms with Crippen molar-refractivity contribution in [2.75, 3.05) is 19.4 Å². The van der Waals surface area contributed by atoms with Crippen LogP contribution >= 0.6 is 11.3 Å². The minimum atomic E-state index is -1.08. The van der Waals surface area contributed by atoms with E-state index in [1.54, 1.807) is 6.20 Å². The van der Waals surface area contributed by atoms with Crippen molar-refractivity contribution in [2.24, 2.45) is 0 Å². The third kappa shape index (κ3) is 3.39. The van der Waals surface area contributed by atoms with Crippen LogP contribution in [0, 0.1) is 0 Å². The van der Waals surface area contributed by atoms with Crippen LogP contribution in [0.3, 0.4) is 0 Å². The molecule has 0 aliphatic heterocycles. The number of nitrogens with one attached hydrogen (secondary N) is 1. The van der Waals surface area contributed by atoms with Crippen LogP contribution in [-0.2, 0) is 6.54 Å². The molecular weight excluding hydrogens is 190 g/mol. The Hall–Kier alpha value is -1.14. The highest BCUT2D eigenvalue weighted by Gasteiger charge is 2.04. The summed E-state index contributed by atoms with van der Waals surface area (Å²) in [6.45, 7) is 0.777. The molecule has 6 heteroatoms. The molecule has 0 atom stereocenters. The molecule has 0 bridgehead atoms. The first-order chi connectivity index (χ1) is 6.08. The summed E-state index contributed by atoms with van der Waals surface area (Å²) in [5.41, 5.74) is 0. The molecule has 0 aliphatic carbocycles. The van der Waals surface area contributed by atoms with Gasteiger partial charge in [-0.1, -0.05) is 0 Å². The fourth-order valence-corrected chi connectivity index (χ4v) is 1.76. The van der Waals surface area contributed by atoms with E-state index in [-0.39, 0.29) is 0 Å². The van der Waals surface area contributed by atoms with Gasteiger partial charge in [0.1, 0.15) is 0 Å². The molecule has 0 spiro atoms. The van der Waals surface area contributed by atoms with E-state index in [0.717, 1.165) is 11.4 Å². The van der Waals surface area contributed by atoms with Gasteiger partial charge in [0.05, 0.1) is 0 Å². The number of amides is 1. The number of nitrogens with zero attached hydrogens (tertiary/aromatic N) is 2. The number of carbonyl (C=O) groups is 1. The van der Waals surface area contributed by atoms with Crippen LogP contribution in [0.2, 0.25) is 0 Å². The number of rotatable bonds is 3. The molecule has 1 heterocycles. The maximum absolute atomic E-state index is 10.2. The van der Waals surface area contributed by atoms with Crippen LogP contribution in [0.15, 0.2) is 6.20 Å².